The Balaban J connectivity index is 1.97. The van der Waals surface area contributed by atoms with E-state index in [1.54, 1.807) is 18.2 Å². The number of fused-ring (bicyclic) bond motifs is 1. The largest absolute Gasteiger partial charge is 0.493 e. The first-order valence-corrected chi connectivity index (χ1v) is 7.09. The van der Waals surface area contributed by atoms with Gasteiger partial charge in [0, 0.05) is 7.05 Å². The molecule has 1 N–H and O–H groups in total. The second kappa shape index (κ2) is 6.00. The summed E-state index contributed by atoms with van der Waals surface area (Å²) in [6, 6.07) is 12.9. The van der Waals surface area contributed by atoms with Crippen LogP contribution in [0.15, 0.2) is 42.5 Å². The van der Waals surface area contributed by atoms with Crippen LogP contribution in [-0.2, 0) is 7.05 Å². The normalized spacial score (nSPS) is 10.6. The highest BCUT2D eigenvalue weighted by Gasteiger charge is 2.18. The van der Waals surface area contributed by atoms with E-state index < -0.39 is 0 Å². The van der Waals surface area contributed by atoms with Gasteiger partial charge in [-0.2, -0.15) is 0 Å². The van der Waals surface area contributed by atoms with E-state index in [0.29, 0.717) is 23.0 Å². The summed E-state index contributed by atoms with van der Waals surface area (Å²) < 4.78 is 12.4. The summed E-state index contributed by atoms with van der Waals surface area (Å²) in [6.45, 7) is 0. The molecule has 3 aromatic rings. The third kappa shape index (κ3) is 2.59. The monoisotopic (exact) mass is 311 g/mol. The molecule has 0 saturated carbocycles. The lowest BCUT2D eigenvalue weighted by molar-refractivity contribution is 0.102. The molecule has 1 aromatic heterocycles. The van der Waals surface area contributed by atoms with Gasteiger partial charge >= 0.3 is 0 Å². The molecule has 6 heteroatoms. The quantitative estimate of drug-likeness (QED) is 0.804. The van der Waals surface area contributed by atoms with Crippen LogP contribution in [0.5, 0.6) is 11.5 Å². The van der Waals surface area contributed by atoms with Crippen molar-refractivity contribution < 1.29 is 14.3 Å². The lowest BCUT2D eigenvalue weighted by Crippen LogP contribution is -2.16. The fourth-order valence-electron chi connectivity index (χ4n) is 2.49. The number of methoxy groups -OCH3 is 2. The number of para-hydroxylation sites is 3. The van der Waals surface area contributed by atoms with Gasteiger partial charge in [-0.1, -0.05) is 18.2 Å². The predicted molar refractivity (Wildman–Crippen MR) is 88.2 cm³/mol. The van der Waals surface area contributed by atoms with Crippen molar-refractivity contribution in [1.82, 2.24) is 9.55 Å². The van der Waals surface area contributed by atoms with Crippen LogP contribution < -0.4 is 14.8 Å². The zero-order valence-electron chi connectivity index (χ0n) is 13.2. The summed E-state index contributed by atoms with van der Waals surface area (Å²) in [7, 11) is 4.89. The number of imidazole rings is 1. The molecule has 23 heavy (non-hydrogen) atoms. The van der Waals surface area contributed by atoms with Crippen molar-refractivity contribution >= 4 is 22.9 Å². The number of benzene rings is 2. The van der Waals surface area contributed by atoms with Crippen LogP contribution in [-0.4, -0.2) is 29.7 Å². The molecule has 0 aliphatic heterocycles. The number of rotatable bonds is 4. The third-order valence-electron chi connectivity index (χ3n) is 3.66. The molecule has 1 amide bonds. The topological polar surface area (TPSA) is 65.4 Å². The minimum Gasteiger partial charge on any atom is -0.493 e. The van der Waals surface area contributed by atoms with E-state index in [9.17, 15) is 4.79 Å². The minimum atomic E-state index is -0.306. The predicted octanol–water partition coefficient (Wildman–Crippen LogP) is 2.84. The lowest BCUT2D eigenvalue weighted by atomic mass is 10.1. The van der Waals surface area contributed by atoms with Gasteiger partial charge in [-0.3, -0.25) is 10.1 Å². The second-order valence-electron chi connectivity index (χ2n) is 4.98. The molecule has 0 atom stereocenters. The summed E-state index contributed by atoms with van der Waals surface area (Å²) in [5.74, 6) is 1.07. The summed E-state index contributed by atoms with van der Waals surface area (Å²) in [5, 5.41) is 2.82. The van der Waals surface area contributed by atoms with E-state index in [2.05, 4.69) is 10.3 Å². The van der Waals surface area contributed by atoms with Crippen LogP contribution >= 0.6 is 0 Å². The van der Waals surface area contributed by atoms with E-state index >= 15 is 0 Å². The molecule has 0 fully saturated rings. The van der Waals surface area contributed by atoms with Gasteiger partial charge in [0.25, 0.3) is 5.91 Å². The Kier molecular flexibility index (Phi) is 3.89. The molecule has 0 aliphatic rings. The molecule has 0 radical (unpaired) electrons. The average molecular weight is 311 g/mol. The van der Waals surface area contributed by atoms with Crippen LogP contribution in [0.25, 0.3) is 11.0 Å². The van der Waals surface area contributed by atoms with Crippen LogP contribution in [0.4, 0.5) is 5.95 Å². The molecular formula is C17H17N3O3. The van der Waals surface area contributed by atoms with Crippen molar-refractivity contribution in [2.24, 2.45) is 7.05 Å². The highest BCUT2D eigenvalue weighted by atomic mass is 16.5. The van der Waals surface area contributed by atoms with Gasteiger partial charge in [0.1, 0.15) is 0 Å². The fraction of sp³-hybridized carbons (Fsp3) is 0.176. The Labute approximate surface area is 133 Å². The zero-order valence-corrected chi connectivity index (χ0v) is 13.2. The van der Waals surface area contributed by atoms with Crippen molar-refractivity contribution in [3.8, 4) is 11.5 Å². The Morgan fingerprint density at radius 3 is 2.57 bits per heavy atom. The van der Waals surface area contributed by atoms with Gasteiger partial charge in [0.2, 0.25) is 5.95 Å². The third-order valence-corrected chi connectivity index (χ3v) is 3.66. The Morgan fingerprint density at radius 2 is 1.87 bits per heavy atom. The van der Waals surface area contributed by atoms with Crippen LogP contribution in [0.2, 0.25) is 0 Å². The van der Waals surface area contributed by atoms with Crippen molar-refractivity contribution in [2.45, 2.75) is 0 Å². The molecule has 6 nitrogen and oxygen atoms in total. The molecule has 0 spiro atoms. The highest BCUT2D eigenvalue weighted by Crippen LogP contribution is 2.31. The maximum atomic E-state index is 12.6. The maximum absolute atomic E-state index is 12.6. The van der Waals surface area contributed by atoms with Crippen LogP contribution in [0, 0.1) is 0 Å². The maximum Gasteiger partial charge on any atom is 0.261 e. The average Bonchev–Trinajstić information content (AvgIpc) is 2.90. The molecule has 1 heterocycles. The van der Waals surface area contributed by atoms with Crippen molar-refractivity contribution in [3.63, 3.8) is 0 Å². The lowest BCUT2D eigenvalue weighted by Gasteiger charge is -2.12. The van der Waals surface area contributed by atoms with E-state index in [-0.39, 0.29) is 5.91 Å². The smallest absolute Gasteiger partial charge is 0.261 e. The Bertz CT molecular complexity index is 871. The molecule has 3 rings (SSSR count). The number of carbonyl (C=O) groups is 1. The zero-order chi connectivity index (χ0) is 16.4. The SMILES string of the molecule is COc1cccc(C(=O)Nc2nc3ccccc3n2C)c1OC. The first kappa shape index (κ1) is 14.9. The van der Waals surface area contributed by atoms with Gasteiger partial charge in [0.05, 0.1) is 30.8 Å². The van der Waals surface area contributed by atoms with E-state index in [1.165, 1.54) is 14.2 Å². The number of ether oxygens (including phenoxy) is 2. The Hall–Kier alpha value is -3.02. The summed E-state index contributed by atoms with van der Waals surface area (Å²) >= 11 is 0. The number of hydrogen-bond donors (Lipinski definition) is 1. The van der Waals surface area contributed by atoms with E-state index in [0.717, 1.165) is 11.0 Å². The molecule has 0 bridgehead atoms. The highest BCUT2D eigenvalue weighted by molar-refractivity contribution is 6.06. The first-order valence-electron chi connectivity index (χ1n) is 7.09. The summed E-state index contributed by atoms with van der Waals surface area (Å²) in [4.78, 5) is 17.0. The van der Waals surface area contributed by atoms with Crippen LogP contribution in [0.3, 0.4) is 0 Å². The molecule has 0 aliphatic carbocycles. The van der Waals surface area contributed by atoms with E-state index in [1.807, 2.05) is 35.9 Å². The van der Waals surface area contributed by atoms with Crippen molar-refractivity contribution in [2.75, 3.05) is 19.5 Å². The standard InChI is InChI=1S/C17H17N3O3/c1-20-13-9-5-4-8-12(13)18-17(20)19-16(21)11-7-6-10-14(22-2)15(11)23-3/h4-10H,1-3H3,(H,18,19,21). The van der Waals surface area contributed by atoms with Crippen molar-refractivity contribution in [3.05, 3.63) is 48.0 Å². The first-order chi connectivity index (χ1) is 11.2. The van der Waals surface area contributed by atoms with Crippen LogP contribution in [0.1, 0.15) is 10.4 Å². The number of aryl methyl sites for hydroxylation is 1. The number of anilines is 1. The Morgan fingerprint density at radius 1 is 1.09 bits per heavy atom. The number of hydrogen-bond acceptors (Lipinski definition) is 4. The fourth-order valence-corrected chi connectivity index (χ4v) is 2.49. The number of carbonyl (C=O) groups excluding carboxylic acids is 1. The molecule has 2 aromatic carbocycles. The van der Waals surface area contributed by atoms with E-state index in [4.69, 9.17) is 9.47 Å². The van der Waals surface area contributed by atoms with Gasteiger partial charge in [-0.05, 0) is 24.3 Å². The van der Waals surface area contributed by atoms with Gasteiger partial charge in [-0.25, -0.2) is 4.98 Å². The number of nitrogens with one attached hydrogen (secondary N) is 1. The molecular weight excluding hydrogens is 294 g/mol. The number of aromatic nitrogens is 2. The molecule has 118 valence electrons. The van der Waals surface area contributed by atoms with Gasteiger partial charge in [-0.15, -0.1) is 0 Å². The molecule has 0 saturated heterocycles. The molecule has 0 unspecified atom stereocenters. The van der Waals surface area contributed by atoms with Gasteiger partial charge < -0.3 is 14.0 Å². The summed E-state index contributed by atoms with van der Waals surface area (Å²) in [5.41, 5.74) is 2.15. The number of nitrogens with zero attached hydrogens (tertiary/aromatic N) is 2. The van der Waals surface area contributed by atoms with Crippen molar-refractivity contribution in [1.29, 1.82) is 0 Å². The summed E-state index contributed by atoms with van der Waals surface area (Å²) in [6.07, 6.45) is 0. The minimum absolute atomic E-state index is 0.306. The second-order valence-corrected chi connectivity index (χ2v) is 4.98. The number of amides is 1. The van der Waals surface area contributed by atoms with Gasteiger partial charge in [0.15, 0.2) is 11.5 Å².